The molecule has 0 unspecified atom stereocenters. The minimum Gasteiger partial charge on any atom is -0.496 e. The number of ether oxygens (including phenoxy) is 1. The molecule has 6 nitrogen and oxygen atoms in total. The molecule has 2 atom stereocenters. The Hall–Kier alpha value is -2.57. The van der Waals surface area contributed by atoms with Crippen molar-refractivity contribution in [2.45, 2.75) is 18.6 Å². The molecule has 1 heterocycles. The number of aliphatic hydroxyl groups excluding tert-OH is 2. The van der Waals surface area contributed by atoms with Crippen LogP contribution in [0.2, 0.25) is 0 Å². The van der Waals surface area contributed by atoms with Crippen molar-refractivity contribution in [3.05, 3.63) is 48.5 Å². The smallest absolute Gasteiger partial charge is 0.322 e. The number of aliphatic hydroxyl groups is 2. The van der Waals surface area contributed by atoms with Gasteiger partial charge in [0.05, 0.1) is 25.9 Å². The van der Waals surface area contributed by atoms with Gasteiger partial charge in [0.15, 0.2) is 0 Å². The summed E-state index contributed by atoms with van der Waals surface area (Å²) in [6.07, 6.45) is -0.201. The maximum Gasteiger partial charge on any atom is 0.322 e. The number of anilines is 1. The van der Waals surface area contributed by atoms with Crippen LogP contribution in [0.5, 0.6) is 5.75 Å². The summed E-state index contributed by atoms with van der Waals surface area (Å²) in [7, 11) is 1.62. The van der Waals surface area contributed by atoms with Gasteiger partial charge in [-0.3, -0.25) is 0 Å². The van der Waals surface area contributed by atoms with Crippen molar-refractivity contribution in [2.24, 2.45) is 0 Å². The van der Waals surface area contributed by atoms with Crippen molar-refractivity contribution in [3.63, 3.8) is 0 Å². The number of hydrogen-bond donors (Lipinski definition) is 3. The first kappa shape index (κ1) is 17.3. The van der Waals surface area contributed by atoms with Crippen LogP contribution in [-0.2, 0) is 0 Å². The topological polar surface area (TPSA) is 82.0 Å². The average Bonchev–Trinajstić information content (AvgIpc) is 3.03. The third-order valence-corrected chi connectivity index (χ3v) is 4.40. The average molecular weight is 342 g/mol. The highest BCUT2D eigenvalue weighted by Gasteiger charge is 2.33. The molecule has 6 heteroatoms. The van der Waals surface area contributed by atoms with Crippen LogP contribution in [0.1, 0.15) is 6.42 Å². The fourth-order valence-corrected chi connectivity index (χ4v) is 3.16. The van der Waals surface area contributed by atoms with Gasteiger partial charge in [-0.25, -0.2) is 4.79 Å². The molecule has 0 aliphatic carbocycles. The predicted octanol–water partition coefficient (Wildman–Crippen LogP) is 2.32. The molecule has 132 valence electrons. The molecule has 2 amide bonds. The van der Waals surface area contributed by atoms with Gasteiger partial charge in [-0.1, -0.05) is 30.3 Å². The van der Waals surface area contributed by atoms with E-state index in [1.807, 2.05) is 42.5 Å². The van der Waals surface area contributed by atoms with Gasteiger partial charge in [-0.2, -0.15) is 0 Å². The van der Waals surface area contributed by atoms with E-state index in [2.05, 4.69) is 5.32 Å². The summed E-state index contributed by atoms with van der Waals surface area (Å²) >= 11 is 0. The van der Waals surface area contributed by atoms with Gasteiger partial charge in [0, 0.05) is 17.8 Å². The molecule has 25 heavy (non-hydrogen) atoms. The Bertz CT molecular complexity index is 750. The highest BCUT2D eigenvalue weighted by molar-refractivity contribution is 5.91. The third kappa shape index (κ3) is 3.75. The van der Waals surface area contributed by atoms with E-state index in [4.69, 9.17) is 4.74 Å². The van der Waals surface area contributed by atoms with Gasteiger partial charge in [0.2, 0.25) is 0 Å². The molecule has 2 aromatic carbocycles. The maximum atomic E-state index is 12.5. The van der Waals surface area contributed by atoms with Crippen LogP contribution in [0.4, 0.5) is 10.5 Å². The quantitative estimate of drug-likeness (QED) is 0.796. The zero-order valence-electron chi connectivity index (χ0n) is 14.1. The predicted molar refractivity (Wildman–Crippen MR) is 95.7 cm³/mol. The minimum atomic E-state index is -0.595. The van der Waals surface area contributed by atoms with Crippen molar-refractivity contribution in [3.8, 4) is 16.9 Å². The van der Waals surface area contributed by atoms with Crippen molar-refractivity contribution in [2.75, 3.05) is 25.6 Å². The van der Waals surface area contributed by atoms with Crippen LogP contribution in [0.15, 0.2) is 48.5 Å². The van der Waals surface area contributed by atoms with Crippen molar-refractivity contribution in [1.29, 1.82) is 0 Å². The third-order valence-electron chi connectivity index (χ3n) is 4.40. The standard InChI is InChI=1S/C19H22N2O4/c1-25-18-8-3-2-7-17(18)13-5-4-6-14(9-13)20-19(24)21-11-16(23)10-15(21)12-22/h2-9,15-16,22-23H,10-12H2,1H3,(H,20,24)/t15-,16+/m0/s1. The first-order valence-electron chi connectivity index (χ1n) is 8.22. The fraction of sp³-hybridized carbons (Fsp3) is 0.316. The second-order valence-electron chi connectivity index (χ2n) is 6.09. The number of para-hydroxylation sites is 1. The molecule has 3 rings (SSSR count). The molecule has 1 saturated heterocycles. The number of hydrogen-bond acceptors (Lipinski definition) is 4. The number of rotatable bonds is 4. The van der Waals surface area contributed by atoms with E-state index >= 15 is 0 Å². The molecule has 1 fully saturated rings. The van der Waals surface area contributed by atoms with E-state index in [9.17, 15) is 15.0 Å². The van der Waals surface area contributed by atoms with Gasteiger partial charge in [-0.05, 0) is 30.2 Å². The lowest BCUT2D eigenvalue weighted by atomic mass is 10.0. The van der Waals surface area contributed by atoms with Gasteiger partial charge in [0.25, 0.3) is 0 Å². The SMILES string of the molecule is COc1ccccc1-c1cccc(NC(=O)N2C[C@H](O)C[C@H]2CO)c1. The lowest BCUT2D eigenvalue weighted by Crippen LogP contribution is -2.40. The molecule has 2 aromatic rings. The normalized spacial score (nSPS) is 19.7. The molecule has 1 aliphatic heterocycles. The minimum absolute atomic E-state index is 0.161. The zero-order chi connectivity index (χ0) is 17.8. The van der Waals surface area contributed by atoms with Crippen molar-refractivity contribution >= 4 is 11.7 Å². The summed E-state index contributed by atoms with van der Waals surface area (Å²) < 4.78 is 5.39. The van der Waals surface area contributed by atoms with E-state index < -0.39 is 6.10 Å². The number of urea groups is 1. The number of β-amino-alcohol motifs (C(OH)–C–C–N with tert-alkyl or cyclic N) is 1. The number of benzene rings is 2. The van der Waals surface area contributed by atoms with E-state index in [1.165, 1.54) is 4.90 Å². The molecule has 1 aliphatic rings. The first-order valence-corrected chi connectivity index (χ1v) is 8.22. The largest absolute Gasteiger partial charge is 0.496 e. The monoisotopic (exact) mass is 342 g/mol. The van der Waals surface area contributed by atoms with Gasteiger partial charge in [-0.15, -0.1) is 0 Å². The first-order chi connectivity index (χ1) is 12.1. The summed E-state index contributed by atoms with van der Waals surface area (Å²) in [6.45, 7) is 0.0645. The highest BCUT2D eigenvalue weighted by Crippen LogP contribution is 2.31. The molecular formula is C19H22N2O4. The van der Waals surface area contributed by atoms with Gasteiger partial charge in [0.1, 0.15) is 5.75 Å². The molecular weight excluding hydrogens is 320 g/mol. The Morgan fingerprint density at radius 2 is 2.08 bits per heavy atom. The Morgan fingerprint density at radius 3 is 2.84 bits per heavy atom. The lowest BCUT2D eigenvalue weighted by Gasteiger charge is -2.23. The molecule has 0 spiro atoms. The van der Waals surface area contributed by atoms with Crippen LogP contribution in [0.3, 0.4) is 0 Å². The molecule has 0 bridgehead atoms. The van der Waals surface area contributed by atoms with Crippen molar-refractivity contribution < 1.29 is 19.7 Å². The van der Waals surface area contributed by atoms with Crippen molar-refractivity contribution in [1.82, 2.24) is 4.90 Å². The summed E-state index contributed by atoms with van der Waals surface area (Å²) in [5.41, 5.74) is 2.51. The van der Waals surface area contributed by atoms with Crippen LogP contribution in [0, 0.1) is 0 Å². The fourth-order valence-electron chi connectivity index (χ4n) is 3.16. The number of carbonyl (C=O) groups excluding carboxylic acids is 1. The number of nitrogens with zero attached hydrogens (tertiary/aromatic N) is 1. The second-order valence-corrected chi connectivity index (χ2v) is 6.09. The molecule has 0 radical (unpaired) electrons. The number of carbonyl (C=O) groups is 1. The van der Waals surface area contributed by atoms with E-state index in [-0.39, 0.29) is 25.2 Å². The Labute approximate surface area is 146 Å². The van der Waals surface area contributed by atoms with E-state index in [1.54, 1.807) is 13.2 Å². The number of likely N-dealkylation sites (tertiary alicyclic amines) is 1. The summed E-state index contributed by atoms with van der Waals surface area (Å²) in [5.74, 6) is 0.758. The number of nitrogens with one attached hydrogen (secondary N) is 1. The van der Waals surface area contributed by atoms with Gasteiger partial charge >= 0.3 is 6.03 Å². The molecule has 0 saturated carbocycles. The maximum absolute atomic E-state index is 12.5. The van der Waals surface area contributed by atoms with E-state index in [0.717, 1.165) is 16.9 Å². The molecule has 3 N–H and O–H groups in total. The Balaban J connectivity index is 1.79. The lowest BCUT2D eigenvalue weighted by molar-refractivity contribution is 0.164. The van der Waals surface area contributed by atoms with Gasteiger partial charge < -0.3 is 25.2 Å². The number of amides is 2. The van der Waals surface area contributed by atoms with Crippen LogP contribution < -0.4 is 10.1 Å². The second kappa shape index (κ2) is 7.55. The van der Waals surface area contributed by atoms with Crippen LogP contribution in [0.25, 0.3) is 11.1 Å². The summed E-state index contributed by atoms with van der Waals surface area (Å²) in [5, 5.41) is 21.9. The van der Waals surface area contributed by atoms with E-state index in [0.29, 0.717) is 12.1 Å². The summed E-state index contributed by atoms with van der Waals surface area (Å²) in [6, 6.07) is 14.5. The Kier molecular flexibility index (Phi) is 5.21. The van der Waals surface area contributed by atoms with Crippen LogP contribution >= 0.6 is 0 Å². The zero-order valence-corrected chi connectivity index (χ0v) is 14.1. The Morgan fingerprint density at radius 1 is 1.28 bits per heavy atom. The highest BCUT2D eigenvalue weighted by atomic mass is 16.5. The summed E-state index contributed by atoms with van der Waals surface area (Å²) in [4.78, 5) is 13.9. The molecule has 0 aromatic heterocycles. The van der Waals surface area contributed by atoms with Crippen LogP contribution in [-0.4, -0.2) is 53.6 Å². The number of methoxy groups -OCH3 is 1.